The van der Waals surface area contributed by atoms with Crippen LogP contribution in [0.4, 0.5) is 0 Å². The molecule has 0 saturated carbocycles. The molecule has 2 atom stereocenters. The normalized spacial score (nSPS) is 16.5. The van der Waals surface area contributed by atoms with E-state index >= 15 is 0 Å². The van der Waals surface area contributed by atoms with Crippen LogP contribution in [0.15, 0.2) is 0 Å². The Bertz CT molecular complexity index is 403. The molecule has 0 aromatic rings. The molecule has 1 aliphatic heterocycles. The summed E-state index contributed by atoms with van der Waals surface area (Å²) in [6.45, 7) is 1.09. The lowest BCUT2D eigenvalue weighted by Gasteiger charge is -2.11. The fraction of sp³-hybridized carbons (Fsp3) is 0.636. The quantitative estimate of drug-likeness (QED) is 0.266. The standard InChI is InChI=1S/C7H14N2O4S.C4H6N2O2/c1-9-5(7(12)13)3-14-2-4(8)6(10)11;7-3-4(8)6-2-1-5-3/h4-5,9H,2-3,8H2,1H3,(H,10,11)(H,12,13);1-2H2,(H,5,7)(H,6,8). The number of hydrogen-bond donors (Lipinski definition) is 6. The number of nitrogens with one attached hydrogen (secondary N) is 3. The zero-order chi connectivity index (χ0) is 17.1. The van der Waals surface area contributed by atoms with Gasteiger partial charge in [-0.1, -0.05) is 0 Å². The first kappa shape index (κ1) is 20.1. The Morgan fingerprint density at radius 2 is 1.68 bits per heavy atom. The van der Waals surface area contributed by atoms with E-state index in [-0.39, 0.29) is 5.75 Å². The van der Waals surface area contributed by atoms with E-state index in [0.29, 0.717) is 18.8 Å². The van der Waals surface area contributed by atoms with Crippen LogP contribution in [-0.4, -0.2) is 77.7 Å². The highest BCUT2D eigenvalue weighted by Crippen LogP contribution is 2.04. The molecular weight excluding hydrogens is 316 g/mol. The van der Waals surface area contributed by atoms with Gasteiger partial charge in [-0.25, -0.2) is 0 Å². The maximum Gasteiger partial charge on any atom is 0.321 e. The Morgan fingerprint density at radius 3 is 2.00 bits per heavy atom. The van der Waals surface area contributed by atoms with Crippen molar-refractivity contribution in [1.29, 1.82) is 0 Å². The van der Waals surface area contributed by atoms with Crippen molar-refractivity contribution in [2.45, 2.75) is 12.1 Å². The molecule has 11 heteroatoms. The van der Waals surface area contributed by atoms with Gasteiger partial charge in [0.05, 0.1) is 0 Å². The van der Waals surface area contributed by atoms with Gasteiger partial charge < -0.3 is 31.9 Å². The molecule has 10 nitrogen and oxygen atoms in total. The van der Waals surface area contributed by atoms with Gasteiger partial charge >= 0.3 is 23.8 Å². The Morgan fingerprint density at radius 1 is 1.18 bits per heavy atom. The molecule has 1 aliphatic rings. The van der Waals surface area contributed by atoms with Crippen molar-refractivity contribution < 1.29 is 29.4 Å². The van der Waals surface area contributed by atoms with Crippen LogP contribution in [0.3, 0.4) is 0 Å². The summed E-state index contributed by atoms with van der Waals surface area (Å²) in [6, 6.07) is -1.60. The van der Waals surface area contributed by atoms with Gasteiger partial charge in [0.25, 0.3) is 0 Å². The van der Waals surface area contributed by atoms with E-state index < -0.39 is 35.8 Å². The van der Waals surface area contributed by atoms with Crippen LogP contribution >= 0.6 is 11.8 Å². The van der Waals surface area contributed by atoms with Crippen molar-refractivity contribution in [3.63, 3.8) is 0 Å². The fourth-order valence-corrected chi connectivity index (χ4v) is 2.25. The third-order valence-corrected chi connectivity index (χ3v) is 3.61. The second kappa shape index (κ2) is 10.8. The van der Waals surface area contributed by atoms with E-state index in [1.54, 1.807) is 0 Å². The number of carbonyl (C=O) groups is 4. The van der Waals surface area contributed by atoms with Crippen molar-refractivity contribution >= 4 is 35.5 Å². The summed E-state index contributed by atoms with van der Waals surface area (Å²) >= 11 is 1.20. The molecule has 7 N–H and O–H groups in total. The second-order valence-corrected chi connectivity index (χ2v) is 5.25. The van der Waals surface area contributed by atoms with Gasteiger partial charge in [-0.2, -0.15) is 11.8 Å². The largest absolute Gasteiger partial charge is 0.480 e. The van der Waals surface area contributed by atoms with Gasteiger partial charge in [-0.3, -0.25) is 19.2 Å². The SMILES string of the molecule is CNC(CSCC(N)C(=O)O)C(=O)O.O=C1NCCNC1=O. The van der Waals surface area contributed by atoms with Crippen LogP contribution in [0.25, 0.3) is 0 Å². The Kier molecular flexibility index (Phi) is 9.91. The lowest BCUT2D eigenvalue weighted by molar-refractivity contribution is -0.140. The van der Waals surface area contributed by atoms with E-state index in [1.807, 2.05) is 0 Å². The second-order valence-electron chi connectivity index (χ2n) is 4.17. The molecule has 2 unspecified atom stereocenters. The van der Waals surface area contributed by atoms with Gasteiger partial charge in [-0.05, 0) is 7.05 Å². The molecule has 0 radical (unpaired) electrons. The van der Waals surface area contributed by atoms with Crippen LogP contribution < -0.4 is 21.7 Å². The van der Waals surface area contributed by atoms with E-state index in [0.717, 1.165) is 0 Å². The maximum atomic E-state index is 10.5. The van der Waals surface area contributed by atoms with Gasteiger partial charge in [0.2, 0.25) is 0 Å². The summed E-state index contributed by atoms with van der Waals surface area (Å²) in [4.78, 5) is 41.4. The Balaban J connectivity index is 0.000000461. The van der Waals surface area contributed by atoms with Crippen LogP contribution in [0, 0.1) is 0 Å². The minimum Gasteiger partial charge on any atom is -0.480 e. The van der Waals surface area contributed by atoms with Crippen molar-refractivity contribution in [3.8, 4) is 0 Å². The highest BCUT2D eigenvalue weighted by Gasteiger charge is 2.17. The highest BCUT2D eigenvalue weighted by atomic mass is 32.2. The molecule has 22 heavy (non-hydrogen) atoms. The molecule has 0 bridgehead atoms. The van der Waals surface area contributed by atoms with Crippen molar-refractivity contribution in [3.05, 3.63) is 0 Å². The highest BCUT2D eigenvalue weighted by molar-refractivity contribution is 7.99. The number of carboxylic acids is 2. The number of carbonyl (C=O) groups excluding carboxylic acids is 2. The molecule has 0 spiro atoms. The van der Waals surface area contributed by atoms with E-state index in [2.05, 4.69) is 16.0 Å². The topological polar surface area (TPSA) is 171 Å². The average molecular weight is 336 g/mol. The Labute approximate surface area is 131 Å². The van der Waals surface area contributed by atoms with E-state index in [4.69, 9.17) is 15.9 Å². The van der Waals surface area contributed by atoms with Crippen LogP contribution in [0.2, 0.25) is 0 Å². The number of hydrogen-bond acceptors (Lipinski definition) is 7. The summed E-state index contributed by atoms with van der Waals surface area (Å²) in [5, 5.41) is 24.4. The molecule has 2 amide bonds. The lowest BCUT2D eigenvalue weighted by atomic mass is 10.3. The van der Waals surface area contributed by atoms with E-state index in [9.17, 15) is 19.2 Å². The first-order chi connectivity index (χ1) is 10.3. The zero-order valence-corrected chi connectivity index (χ0v) is 12.8. The lowest BCUT2D eigenvalue weighted by Crippen LogP contribution is -2.49. The third-order valence-electron chi connectivity index (χ3n) is 2.45. The minimum absolute atomic E-state index is 0.209. The summed E-state index contributed by atoms with van der Waals surface area (Å²) in [5.41, 5.74) is 5.23. The summed E-state index contributed by atoms with van der Waals surface area (Å²) in [7, 11) is 1.54. The predicted octanol–water partition coefficient (Wildman–Crippen LogP) is -2.96. The summed E-state index contributed by atoms with van der Waals surface area (Å²) in [5.74, 6) is -2.58. The van der Waals surface area contributed by atoms with E-state index in [1.165, 1.54) is 18.8 Å². The predicted molar refractivity (Wildman–Crippen MR) is 79.4 cm³/mol. The molecule has 1 saturated heterocycles. The monoisotopic (exact) mass is 336 g/mol. The van der Waals surface area contributed by atoms with Gasteiger partial charge in [0.15, 0.2) is 0 Å². The van der Waals surface area contributed by atoms with Crippen molar-refractivity contribution in [1.82, 2.24) is 16.0 Å². The summed E-state index contributed by atoms with van der Waals surface area (Å²) in [6.07, 6.45) is 0. The van der Waals surface area contributed by atoms with Crippen LogP contribution in [0.1, 0.15) is 0 Å². The number of carboxylic acid groups (broad SMARTS) is 2. The molecule has 0 aromatic carbocycles. The number of piperazine rings is 1. The van der Waals surface area contributed by atoms with Gasteiger partial charge in [-0.15, -0.1) is 0 Å². The fourth-order valence-electron chi connectivity index (χ4n) is 1.17. The first-order valence-electron chi connectivity index (χ1n) is 6.31. The Hall–Kier alpha value is -1.85. The number of likely N-dealkylation sites (N-methyl/N-ethyl adjacent to an activating group) is 1. The molecule has 1 fully saturated rings. The number of thioether (sulfide) groups is 1. The smallest absolute Gasteiger partial charge is 0.321 e. The summed E-state index contributed by atoms with van der Waals surface area (Å²) < 4.78 is 0. The van der Waals surface area contributed by atoms with Crippen molar-refractivity contribution in [2.24, 2.45) is 5.73 Å². The molecule has 0 aromatic heterocycles. The number of nitrogens with two attached hydrogens (primary N) is 1. The molecule has 1 rings (SSSR count). The van der Waals surface area contributed by atoms with Gasteiger partial charge in [0, 0.05) is 24.6 Å². The molecule has 126 valence electrons. The average Bonchev–Trinajstić information content (AvgIpc) is 2.46. The third kappa shape index (κ3) is 8.44. The molecular formula is C11H20N4O6S. The molecule has 0 aliphatic carbocycles. The van der Waals surface area contributed by atoms with Crippen LogP contribution in [-0.2, 0) is 19.2 Å². The zero-order valence-electron chi connectivity index (χ0n) is 12.0. The first-order valence-corrected chi connectivity index (χ1v) is 7.47. The van der Waals surface area contributed by atoms with Crippen LogP contribution in [0.5, 0.6) is 0 Å². The number of rotatable bonds is 7. The van der Waals surface area contributed by atoms with Gasteiger partial charge in [0.1, 0.15) is 12.1 Å². The van der Waals surface area contributed by atoms with Crippen molar-refractivity contribution in [2.75, 3.05) is 31.6 Å². The maximum absolute atomic E-state index is 10.5. The molecule has 1 heterocycles. The number of amides is 2. The minimum atomic E-state index is -1.08. The number of aliphatic carboxylic acids is 2.